The Morgan fingerprint density at radius 2 is 2.15 bits per heavy atom. The largest absolute Gasteiger partial charge is 0.395 e. The fourth-order valence-electron chi connectivity index (χ4n) is 2.02. The summed E-state index contributed by atoms with van der Waals surface area (Å²) < 4.78 is 0. The van der Waals surface area contributed by atoms with Crippen LogP contribution in [0, 0.1) is 0 Å². The third kappa shape index (κ3) is 3.63. The lowest BCUT2D eigenvalue weighted by Gasteiger charge is -2.29. The van der Waals surface area contributed by atoms with Gasteiger partial charge in [0.05, 0.1) is 12.7 Å². The van der Waals surface area contributed by atoms with Crippen molar-refractivity contribution in [1.29, 1.82) is 0 Å². The Kier molecular flexibility index (Phi) is 4.70. The summed E-state index contributed by atoms with van der Waals surface area (Å²) >= 11 is 0. The van der Waals surface area contributed by atoms with Gasteiger partial charge in [-0.15, -0.1) is 0 Å². The average molecular weight is 187 g/mol. The van der Waals surface area contributed by atoms with Gasteiger partial charge >= 0.3 is 0 Å². The van der Waals surface area contributed by atoms with Crippen molar-refractivity contribution in [1.82, 2.24) is 4.90 Å². The predicted octanol–water partition coefficient (Wildman–Crippen LogP) is 0.604. The number of aliphatic hydroxyl groups excluding tert-OH is 2. The second-order valence-electron chi connectivity index (χ2n) is 4.03. The molecule has 2 atom stereocenters. The summed E-state index contributed by atoms with van der Waals surface area (Å²) in [6.45, 7) is 3.76. The van der Waals surface area contributed by atoms with Crippen LogP contribution in [-0.2, 0) is 0 Å². The van der Waals surface area contributed by atoms with Crippen molar-refractivity contribution in [2.45, 2.75) is 44.8 Å². The van der Waals surface area contributed by atoms with Crippen molar-refractivity contribution in [3.8, 4) is 0 Å². The summed E-state index contributed by atoms with van der Waals surface area (Å²) in [5.41, 5.74) is 0. The highest BCUT2D eigenvalue weighted by atomic mass is 16.3. The van der Waals surface area contributed by atoms with Crippen LogP contribution >= 0.6 is 0 Å². The normalized spacial score (nSPS) is 28.4. The van der Waals surface area contributed by atoms with Crippen molar-refractivity contribution in [2.24, 2.45) is 0 Å². The molecule has 1 rings (SSSR count). The molecule has 0 bridgehead atoms. The van der Waals surface area contributed by atoms with Crippen molar-refractivity contribution in [3.63, 3.8) is 0 Å². The van der Waals surface area contributed by atoms with Gasteiger partial charge in [0.15, 0.2) is 0 Å². The maximum atomic E-state index is 9.29. The minimum Gasteiger partial charge on any atom is -0.395 e. The molecule has 0 radical (unpaired) electrons. The van der Waals surface area contributed by atoms with Gasteiger partial charge in [-0.3, -0.25) is 4.90 Å². The first-order chi connectivity index (χ1) is 6.24. The molecule has 0 aliphatic carbocycles. The fourth-order valence-corrected chi connectivity index (χ4v) is 2.02. The highest BCUT2D eigenvalue weighted by Gasteiger charge is 2.20. The second kappa shape index (κ2) is 5.58. The molecule has 1 saturated heterocycles. The van der Waals surface area contributed by atoms with Crippen molar-refractivity contribution >= 4 is 0 Å². The second-order valence-corrected chi connectivity index (χ2v) is 4.03. The van der Waals surface area contributed by atoms with Crippen LogP contribution in [0.5, 0.6) is 0 Å². The topological polar surface area (TPSA) is 43.7 Å². The van der Waals surface area contributed by atoms with Gasteiger partial charge in [0, 0.05) is 12.6 Å². The van der Waals surface area contributed by atoms with E-state index >= 15 is 0 Å². The zero-order valence-electron chi connectivity index (χ0n) is 8.45. The van der Waals surface area contributed by atoms with Crippen molar-refractivity contribution in [3.05, 3.63) is 0 Å². The van der Waals surface area contributed by atoms with Gasteiger partial charge in [-0.25, -0.2) is 0 Å². The molecule has 0 amide bonds. The molecule has 13 heavy (non-hydrogen) atoms. The van der Waals surface area contributed by atoms with E-state index in [0.717, 1.165) is 13.0 Å². The van der Waals surface area contributed by atoms with Crippen LogP contribution < -0.4 is 0 Å². The smallest absolute Gasteiger partial charge is 0.0639 e. The van der Waals surface area contributed by atoms with Crippen LogP contribution in [-0.4, -0.2) is 47.0 Å². The molecule has 1 aliphatic rings. The van der Waals surface area contributed by atoms with E-state index in [4.69, 9.17) is 0 Å². The monoisotopic (exact) mass is 187 g/mol. The van der Waals surface area contributed by atoms with E-state index in [1.165, 1.54) is 19.3 Å². The van der Waals surface area contributed by atoms with Crippen molar-refractivity contribution in [2.75, 3.05) is 19.7 Å². The zero-order chi connectivity index (χ0) is 9.68. The molecule has 1 aliphatic heterocycles. The summed E-state index contributed by atoms with van der Waals surface area (Å²) in [5, 5.41) is 18.5. The highest BCUT2D eigenvalue weighted by molar-refractivity contribution is 4.75. The maximum absolute atomic E-state index is 9.29. The molecule has 1 heterocycles. The van der Waals surface area contributed by atoms with Gasteiger partial charge < -0.3 is 10.2 Å². The molecule has 3 heteroatoms. The molecule has 0 spiro atoms. The molecule has 0 aromatic heterocycles. The Labute approximate surface area is 80.4 Å². The number of hydrogen-bond acceptors (Lipinski definition) is 3. The summed E-state index contributed by atoms with van der Waals surface area (Å²) in [7, 11) is 0. The number of β-amino-alcohol motifs (C(OH)–C–C–N with tert-alkyl or cyclic N) is 1. The molecule has 2 N–H and O–H groups in total. The number of nitrogens with zero attached hydrogens (tertiary/aromatic N) is 1. The summed E-state index contributed by atoms with van der Waals surface area (Å²) in [6.07, 6.45) is 4.45. The van der Waals surface area contributed by atoms with Gasteiger partial charge in [0.2, 0.25) is 0 Å². The van der Waals surface area contributed by atoms with E-state index in [0.29, 0.717) is 6.54 Å². The lowest BCUT2D eigenvalue weighted by molar-refractivity contribution is 0.0719. The van der Waals surface area contributed by atoms with Gasteiger partial charge in [-0.2, -0.15) is 0 Å². The minimum absolute atomic E-state index is 0.229. The lowest BCUT2D eigenvalue weighted by Crippen LogP contribution is -2.41. The summed E-state index contributed by atoms with van der Waals surface area (Å²) in [6, 6.07) is 0.275. The zero-order valence-corrected chi connectivity index (χ0v) is 8.45. The molecule has 78 valence electrons. The highest BCUT2D eigenvalue weighted by Crippen LogP contribution is 2.16. The van der Waals surface area contributed by atoms with Crippen LogP contribution in [0.3, 0.4) is 0 Å². The SMILES string of the molecule is C[C@H](O)CN1CCCCCC1CO. The Morgan fingerprint density at radius 3 is 2.77 bits per heavy atom. The van der Waals surface area contributed by atoms with E-state index in [1.807, 2.05) is 0 Å². The lowest BCUT2D eigenvalue weighted by atomic mass is 10.1. The first kappa shape index (κ1) is 11.0. The first-order valence-corrected chi connectivity index (χ1v) is 5.27. The first-order valence-electron chi connectivity index (χ1n) is 5.27. The number of likely N-dealkylation sites (tertiary alicyclic amines) is 1. The number of hydrogen-bond donors (Lipinski definition) is 2. The summed E-state index contributed by atoms with van der Waals surface area (Å²) in [5.74, 6) is 0. The number of rotatable bonds is 3. The summed E-state index contributed by atoms with van der Waals surface area (Å²) in [4.78, 5) is 2.22. The Bertz CT molecular complexity index is 139. The maximum Gasteiger partial charge on any atom is 0.0639 e. The van der Waals surface area contributed by atoms with E-state index in [1.54, 1.807) is 6.92 Å². The third-order valence-corrected chi connectivity index (χ3v) is 2.71. The molecule has 0 aromatic rings. The van der Waals surface area contributed by atoms with E-state index in [2.05, 4.69) is 4.90 Å². The van der Waals surface area contributed by atoms with Gasteiger partial charge in [-0.05, 0) is 26.3 Å². The molecule has 1 fully saturated rings. The molecular weight excluding hydrogens is 166 g/mol. The quantitative estimate of drug-likeness (QED) is 0.680. The van der Waals surface area contributed by atoms with Crippen LogP contribution in [0.25, 0.3) is 0 Å². The van der Waals surface area contributed by atoms with E-state index in [-0.39, 0.29) is 18.8 Å². The van der Waals surface area contributed by atoms with Gasteiger partial charge in [-0.1, -0.05) is 12.8 Å². The molecule has 1 unspecified atom stereocenters. The third-order valence-electron chi connectivity index (χ3n) is 2.71. The average Bonchev–Trinajstić information content (AvgIpc) is 2.28. The fraction of sp³-hybridized carbons (Fsp3) is 1.00. The molecular formula is C10H21NO2. The van der Waals surface area contributed by atoms with Gasteiger partial charge in [0.25, 0.3) is 0 Å². The van der Waals surface area contributed by atoms with E-state index < -0.39 is 0 Å². The van der Waals surface area contributed by atoms with E-state index in [9.17, 15) is 10.2 Å². The van der Waals surface area contributed by atoms with Crippen LogP contribution in [0.2, 0.25) is 0 Å². The Balaban J connectivity index is 2.44. The minimum atomic E-state index is -0.285. The van der Waals surface area contributed by atoms with Crippen LogP contribution in [0.15, 0.2) is 0 Å². The van der Waals surface area contributed by atoms with Gasteiger partial charge in [0.1, 0.15) is 0 Å². The Morgan fingerprint density at radius 1 is 1.38 bits per heavy atom. The molecule has 3 nitrogen and oxygen atoms in total. The van der Waals surface area contributed by atoms with Crippen LogP contribution in [0.4, 0.5) is 0 Å². The van der Waals surface area contributed by atoms with Crippen LogP contribution in [0.1, 0.15) is 32.6 Å². The Hall–Kier alpha value is -0.120. The predicted molar refractivity (Wildman–Crippen MR) is 52.6 cm³/mol. The number of aliphatic hydroxyl groups is 2. The van der Waals surface area contributed by atoms with Crippen molar-refractivity contribution < 1.29 is 10.2 Å². The molecule has 0 aromatic carbocycles. The molecule has 0 saturated carbocycles. The standard InChI is InChI=1S/C10H21NO2/c1-9(13)7-11-6-4-2-3-5-10(11)8-12/h9-10,12-13H,2-8H2,1H3/t9-,10?/m0/s1.